The molecule has 0 amide bonds. The lowest BCUT2D eigenvalue weighted by Crippen LogP contribution is -2.36. The van der Waals surface area contributed by atoms with E-state index in [4.69, 9.17) is 14.6 Å². The van der Waals surface area contributed by atoms with Crippen molar-refractivity contribution in [2.45, 2.75) is 32.4 Å². The number of benzene rings is 2. The maximum absolute atomic E-state index is 10.6. The molecule has 1 unspecified atom stereocenters. The number of rotatable bonds is 13. The van der Waals surface area contributed by atoms with Crippen LogP contribution in [0, 0.1) is 12.8 Å². The Kier molecular flexibility index (Phi) is 8.16. The molecule has 2 aromatic carbocycles. The lowest BCUT2D eigenvalue weighted by atomic mass is 10.1. The molecule has 1 aliphatic rings. The molecule has 6 heteroatoms. The summed E-state index contributed by atoms with van der Waals surface area (Å²) in [6.45, 7) is 8.55. The third-order valence-electron chi connectivity index (χ3n) is 5.95. The summed E-state index contributed by atoms with van der Waals surface area (Å²) in [5, 5.41) is 15.5. The van der Waals surface area contributed by atoms with E-state index in [9.17, 15) is 5.11 Å². The van der Waals surface area contributed by atoms with Gasteiger partial charge in [0.15, 0.2) is 0 Å². The first-order valence-electron chi connectivity index (χ1n) is 12.0. The van der Waals surface area contributed by atoms with Crippen molar-refractivity contribution in [1.29, 1.82) is 0 Å². The number of aryl methyl sites for hydroxylation is 2. The normalized spacial score (nSPS) is 14.4. The second-order valence-corrected chi connectivity index (χ2v) is 9.16. The van der Waals surface area contributed by atoms with Gasteiger partial charge in [-0.3, -0.25) is 4.90 Å². The van der Waals surface area contributed by atoms with Crippen LogP contribution in [0.3, 0.4) is 0 Å². The smallest absolute Gasteiger partial charge is 0.222 e. The Morgan fingerprint density at radius 2 is 2.00 bits per heavy atom. The summed E-state index contributed by atoms with van der Waals surface area (Å²) in [6.07, 6.45) is 3.61. The van der Waals surface area contributed by atoms with Gasteiger partial charge in [0.1, 0.15) is 11.4 Å². The third kappa shape index (κ3) is 6.56. The van der Waals surface area contributed by atoms with Crippen LogP contribution in [0.15, 0.2) is 67.3 Å². The maximum atomic E-state index is 10.6. The van der Waals surface area contributed by atoms with E-state index in [1.165, 1.54) is 12.8 Å². The highest BCUT2D eigenvalue weighted by Gasteiger charge is 2.28. The van der Waals surface area contributed by atoms with Gasteiger partial charge in [-0.25, -0.2) is 4.68 Å². The Hall–Kier alpha value is -2.93. The second kappa shape index (κ2) is 11.5. The van der Waals surface area contributed by atoms with Crippen LogP contribution >= 0.6 is 0 Å². The van der Waals surface area contributed by atoms with Crippen LogP contribution in [0.4, 0.5) is 0 Å². The average molecular weight is 462 g/mol. The van der Waals surface area contributed by atoms with Gasteiger partial charge >= 0.3 is 0 Å². The van der Waals surface area contributed by atoms with Crippen LogP contribution in [0.1, 0.15) is 24.0 Å². The molecule has 1 aliphatic carbocycles. The molecule has 4 rings (SSSR count). The van der Waals surface area contributed by atoms with Crippen molar-refractivity contribution in [3.63, 3.8) is 0 Å². The molecule has 1 heterocycles. The van der Waals surface area contributed by atoms with Gasteiger partial charge < -0.3 is 14.6 Å². The number of nitrogens with zero attached hydrogens (tertiary/aromatic N) is 3. The van der Waals surface area contributed by atoms with Crippen molar-refractivity contribution in [2.24, 2.45) is 13.0 Å². The SMILES string of the molecule is C=CCOCC(O)CN(Cc1c(-c2ccccc2)nn(C)c1Oc1cccc(C)c1)CC1CC1. The van der Waals surface area contributed by atoms with Gasteiger partial charge in [-0.05, 0) is 43.4 Å². The Morgan fingerprint density at radius 3 is 2.71 bits per heavy atom. The van der Waals surface area contributed by atoms with Crippen molar-refractivity contribution in [3.8, 4) is 22.9 Å². The molecule has 0 radical (unpaired) electrons. The predicted octanol–water partition coefficient (Wildman–Crippen LogP) is 4.96. The molecule has 34 heavy (non-hydrogen) atoms. The molecular formula is C28H35N3O3. The lowest BCUT2D eigenvalue weighted by molar-refractivity contribution is 0.0235. The minimum absolute atomic E-state index is 0.290. The van der Waals surface area contributed by atoms with Gasteiger partial charge in [-0.1, -0.05) is 48.5 Å². The molecule has 1 atom stereocenters. The standard InChI is InChI=1S/C28H35N3O3/c1-4-15-33-20-24(32)18-31(17-22-13-14-22)19-26-27(23-10-6-5-7-11-23)29-30(3)28(26)34-25-12-8-9-21(2)16-25/h4-12,16,22,24,32H,1,13-15,17-20H2,2-3H3. The van der Waals surface area contributed by atoms with E-state index >= 15 is 0 Å². The minimum atomic E-state index is -0.573. The van der Waals surface area contributed by atoms with Crippen molar-refractivity contribution in [1.82, 2.24) is 14.7 Å². The molecule has 1 aromatic heterocycles. The molecule has 0 spiro atoms. The Morgan fingerprint density at radius 1 is 1.21 bits per heavy atom. The molecule has 0 saturated heterocycles. The van der Waals surface area contributed by atoms with Crippen molar-refractivity contribution < 1.29 is 14.6 Å². The number of hydrogen-bond donors (Lipinski definition) is 1. The zero-order valence-electron chi connectivity index (χ0n) is 20.2. The first-order chi connectivity index (χ1) is 16.5. The van der Waals surface area contributed by atoms with Crippen molar-refractivity contribution >= 4 is 0 Å². The van der Waals surface area contributed by atoms with Gasteiger partial charge in [-0.15, -0.1) is 6.58 Å². The highest BCUT2D eigenvalue weighted by Crippen LogP contribution is 2.36. The fourth-order valence-electron chi connectivity index (χ4n) is 4.17. The van der Waals surface area contributed by atoms with Crippen LogP contribution < -0.4 is 4.74 Å². The van der Waals surface area contributed by atoms with E-state index in [1.54, 1.807) is 6.08 Å². The summed E-state index contributed by atoms with van der Waals surface area (Å²) in [6, 6.07) is 18.3. The number of ether oxygens (including phenoxy) is 2. The number of aliphatic hydroxyl groups is 1. The molecule has 1 fully saturated rings. The van der Waals surface area contributed by atoms with Gasteiger partial charge in [-0.2, -0.15) is 5.10 Å². The summed E-state index contributed by atoms with van der Waals surface area (Å²) in [5.41, 5.74) is 4.12. The van der Waals surface area contributed by atoms with E-state index in [0.29, 0.717) is 32.2 Å². The summed E-state index contributed by atoms with van der Waals surface area (Å²) >= 11 is 0. The first-order valence-corrected chi connectivity index (χ1v) is 12.0. The highest BCUT2D eigenvalue weighted by molar-refractivity contribution is 5.65. The van der Waals surface area contributed by atoms with Crippen LogP contribution in [0.5, 0.6) is 11.6 Å². The summed E-state index contributed by atoms with van der Waals surface area (Å²) < 4.78 is 13.7. The van der Waals surface area contributed by atoms with Crippen LogP contribution in [0.2, 0.25) is 0 Å². The summed E-state index contributed by atoms with van der Waals surface area (Å²) in [7, 11) is 1.92. The van der Waals surface area contributed by atoms with E-state index in [0.717, 1.165) is 40.6 Å². The van der Waals surface area contributed by atoms with E-state index in [1.807, 2.05) is 48.1 Å². The topological polar surface area (TPSA) is 59.8 Å². The molecule has 1 N–H and O–H groups in total. The van der Waals surface area contributed by atoms with E-state index in [2.05, 4.69) is 36.6 Å². The third-order valence-corrected chi connectivity index (χ3v) is 5.95. The number of hydrogen-bond acceptors (Lipinski definition) is 5. The Balaban J connectivity index is 1.64. The molecular weight excluding hydrogens is 426 g/mol. The van der Waals surface area contributed by atoms with Gasteiger partial charge in [0.2, 0.25) is 5.88 Å². The van der Waals surface area contributed by atoms with Crippen LogP contribution in [-0.2, 0) is 18.3 Å². The van der Waals surface area contributed by atoms with Gasteiger partial charge in [0, 0.05) is 32.2 Å². The summed E-state index contributed by atoms with van der Waals surface area (Å²) in [5.74, 6) is 2.19. The fraction of sp³-hybridized carbons (Fsp3) is 0.393. The van der Waals surface area contributed by atoms with Gasteiger partial charge in [0.25, 0.3) is 0 Å². The molecule has 6 nitrogen and oxygen atoms in total. The largest absolute Gasteiger partial charge is 0.439 e. The molecule has 0 bridgehead atoms. The van der Waals surface area contributed by atoms with Crippen LogP contribution in [-0.4, -0.2) is 52.2 Å². The van der Waals surface area contributed by atoms with E-state index in [-0.39, 0.29) is 0 Å². The number of aromatic nitrogens is 2. The van der Waals surface area contributed by atoms with Crippen molar-refractivity contribution in [2.75, 3.05) is 26.3 Å². The Bertz CT molecular complexity index is 1080. The fourth-order valence-corrected chi connectivity index (χ4v) is 4.17. The predicted molar refractivity (Wildman–Crippen MR) is 135 cm³/mol. The highest BCUT2D eigenvalue weighted by atomic mass is 16.5. The quantitative estimate of drug-likeness (QED) is 0.288. The molecule has 1 saturated carbocycles. The van der Waals surface area contributed by atoms with Crippen LogP contribution in [0.25, 0.3) is 11.3 Å². The summed E-state index contributed by atoms with van der Waals surface area (Å²) in [4.78, 5) is 2.31. The molecule has 180 valence electrons. The zero-order chi connectivity index (χ0) is 23.9. The van der Waals surface area contributed by atoms with Gasteiger partial charge in [0.05, 0.1) is 24.9 Å². The zero-order valence-corrected chi connectivity index (χ0v) is 20.2. The minimum Gasteiger partial charge on any atom is -0.439 e. The second-order valence-electron chi connectivity index (χ2n) is 9.16. The first kappa shape index (κ1) is 24.2. The molecule has 0 aliphatic heterocycles. The van der Waals surface area contributed by atoms with Crippen molar-refractivity contribution in [3.05, 3.63) is 78.4 Å². The molecule has 3 aromatic rings. The number of aliphatic hydroxyl groups excluding tert-OH is 1. The average Bonchev–Trinajstić information content (AvgIpc) is 3.59. The van der Waals surface area contributed by atoms with E-state index < -0.39 is 6.10 Å². The monoisotopic (exact) mass is 461 g/mol. The Labute approximate surface area is 202 Å². The maximum Gasteiger partial charge on any atom is 0.222 e. The lowest BCUT2D eigenvalue weighted by Gasteiger charge is -2.25.